The highest BCUT2D eigenvalue weighted by molar-refractivity contribution is 6.30. The number of hydrogen-bond donors (Lipinski definition) is 1. The molecule has 3 nitrogen and oxygen atoms in total. The van der Waals surface area contributed by atoms with Crippen LogP contribution in [0.4, 0.5) is 8.78 Å². The van der Waals surface area contributed by atoms with Gasteiger partial charge in [0.05, 0.1) is 12.3 Å². The van der Waals surface area contributed by atoms with Gasteiger partial charge in [0.25, 0.3) is 0 Å². The van der Waals surface area contributed by atoms with Crippen molar-refractivity contribution in [3.05, 3.63) is 58.5 Å². The Bertz CT molecular complexity index is 589. The quantitative estimate of drug-likeness (QED) is 0.943. The van der Waals surface area contributed by atoms with Crippen LogP contribution in [0.25, 0.3) is 0 Å². The topological polar surface area (TPSA) is 28.4 Å². The van der Waals surface area contributed by atoms with Crippen LogP contribution in [0, 0.1) is 11.6 Å². The molecule has 0 amide bonds. The second kappa shape index (κ2) is 6.13. The highest BCUT2D eigenvalue weighted by Crippen LogP contribution is 2.34. The van der Waals surface area contributed by atoms with Crippen molar-refractivity contribution < 1.29 is 13.2 Å². The standard InChI is InChI=1S/C15H15ClF2N2O/c16-10-8-11(17)14(12(18)9-10)15(13-2-1-7-21-13)20-5-3-19-4-6-20/h1-2,7-9,15,19H,3-6H2/t15-/m1/s1. The Morgan fingerprint density at radius 2 is 1.86 bits per heavy atom. The third kappa shape index (κ3) is 2.95. The smallest absolute Gasteiger partial charge is 0.132 e. The van der Waals surface area contributed by atoms with Gasteiger partial charge >= 0.3 is 0 Å². The maximum Gasteiger partial charge on any atom is 0.132 e. The minimum absolute atomic E-state index is 0.0174. The monoisotopic (exact) mass is 312 g/mol. The second-order valence-electron chi connectivity index (χ2n) is 4.99. The number of nitrogens with one attached hydrogen (secondary N) is 1. The largest absolute Gasteiger partial charge is 0.467 e. The van der Waals surface area contributed by atoms with Crippen molar-refractivity contribution in [2.24, 2.45) is 0 Å². The lowest BCUT2D eigenvalue weighted by atomic mass is 10.0. The maximum absolute atomic E-state index is 14.3. The molecule has 1 aliphatic rings. The first kappa shape index (κ1) is 14.5. The highest BCUT2D eigenvalue weighted by Gasteiger charge is 2.31. The van der Waals surface area contributed by atoms with Crippen molar-refractivity contribution in [2.45, 2.75) is 6.04 Å². The van der Waals surface area contributed by atoms with Gasteiger partial charge < -0.3 is 9.73 Å². The van der Waals surface area contributed by atoms with Gasteiger partial charge in [-0.25, -0.2) is 8.78 Å². The molecular formula is C15H15ClF2N2O. The lowest BCUT2D eigenvalue weighted by Gasteiger charge is -2.34. The van der Waals surface area contributed by atoms with Gasteiger partial charge in [0.2, 0.25) is 0 Å². The van der Waals surface area contributed by atoms with Crippen molar-refractivity contribution in [3.8, 4) is 0 Å². The van der Waals surface area contributed by atoms with Crippen LogP contribution in [-0.2, 0) is 0 Å². The number of halogens is 3. The van der Waals surface area contributed by atoms with Gasteiger partial charge in [-0.15, -0.1) is 0 Å². The molecule has 0 saturated carbocycles. The van der Waals surface area contributed by atoms with E-state index in [1.54, 1.807) is 12.1 Å². The molecule has 1 atom stereocenters. The van der Waals surface area contributed by atoms with E-state index < -0.39 is 17.7 Å². The molecule has 0 aliphatic carbocycles. The molecule has 0 radical (unpaired) electrons. The first-order valence-corrected chi connectivity index (χ1v) is 7.17. The summed E-state index contributed by atoms with van der Waals surface area (Å²) in [6.07, 6.45) is 1.51. The molecule has 1 aromatic carbocycles. The number of furan rings is 1. The molecule has 0 bridgehead atoms. The Labute approximate surface area is 126 Å². The average Bonchev–Trinajstić information content (AvgIpc) is 2.97. The van der Waals surface area contributed by atoms with Crippen molar-refractivity contribution in [1.82, 2.24) is 10.2 Å². The minimum atomic E-state index is -0.653. The van der Waals surface area contributed by atoms with Gasteiger partial charge in [0.15, 0.2) is 0 Å². The van der Waals surface area contributed by atoms with E-state index in [9.17, 15) is 8.78 Å². The molecule has 3 rings (SSSR count). The normalized spacial score (nSPS) is 17.9. The summed E-state index contributed by atoms with van der Waals surface area (Å²) in [5.74, 6) is -0.781. The van der Waals surface area contributed by atoms with E-state index in [0.29, 0.717) is 18.8 Å². The summed E-state index contributed by atoms with van der Waals surface area (Å²) in [6, 6.07) is 5.14. The molecule has 0 unspecified atom stereocenters. The van der Waals surface area contributed by atoms with E-state index in [1.165, 1.54) is 6.26 Å². The van der Waals surface area contributed by atoms with Crippen LogP contribution in [0.5, 0.6) is 0 Å². The fourth-order valence-electron chi connectivity index (χ4n) is 2.71. The summed E-state index contributed by atoms with van der Waals surface area (Å²) >= 11 is 5.71. The molecule has 1 saturated heterocycles. The molecule has 6 heteroatoms. The van der Waals surface area contributed by atoms with E-state index in [0.717, 1.165) is 25.2 Å². The van der Waals surface area contributed by atoms with Crippen LogP contribution in [0.2, 0.25) is 5.02 Å². The highest BCUT2D eigenvalue weighted by atomic mass is 35.5. The molecule has 1 aromatic heterocycles. The molecule has 1 fully saturated rings. The van der Waals surface area contributed by atoms with Gasteiger partial charge in [-0.1, -0.05) is 11.6 Å². The summed E-state index contributed by atoms with van der Waals surface area (Å²) in [7, 11) is 0. The van der Waals surface area contributed by atoms with Gasteiger partial charge in [-0.05, 0) is 24.3 Å². The van der Waals surface area contributed by atoms with Gasteiger partial charge in [0, 0.05) is 36.8 Å². The van der Waals surface area contributed by atoms with Crippen LogP contribution in [0.15, 0.2) is 34.9 Å². The Kier molecular flexibility index (Phi) is 4.24. The van der Waals surface area contributed by atoms with Gasteiger partial charge in [-0.3, -0.25) is 4.90 Å². The van der Waals surface area contributed by atoms with E-state index in [2.05, 4.69) is 5.32 Å². The zero-order chi connectivity index (χ0) is 14.8. The Morgan fingerprint density at radius 3 is 2.43 bits per heavy atom. The van der Waals surface area contributed by atoms with Crippen LogP contribution in [-0.4, -0.2) is 31.1 Å². The predicted molar refractivity (Wildman–Crippen MR) is 76.4 cm³/mol. The number of piperazine rings is 1. The summed E-state index contributed by atoms with van der Waals surface area (Å²) in [5, 5.41) is 3.27. The SMILES string of the molecule is Fc1cc(Cl)cc(F)c1[C@@H](c1ccco1)N1CCNCC1. The molecular weight excluding hydrogens is 298 g/mol. The number of nitrogens with zero attached hydrogens (tertiary/aromatic N) is 1. The number of hydrogen-bond acceptors (Lipinski definition) is 3. The summed E-state index contributed by atoms with van der Waals surface area (Å²) in [4.78, 5) is 2.00. The fraction of sp³-hybridized carbons (Fsp3) is 0.333. The lowest BCUT2D eigenvalue weighted by Crippen LogP contribution is -2.45. The predicted octanol–water partition coefficient (Wildman–Crippen LogP) is 3.21. The van der Waals surface area contributed by atoms with Gasteiger partial charge in [0.1, 0.15) is 17.4 Å². The van der Waals surface area contributed by atoms with Crippen molar-refractivity contribution >= 4 is 11.6 Å². The second-order valence-corrected chi connectivity index (χ2v) is 5.42. The maximum atomic E-state index is 14.3. The molecule has 1 aliphatic heterocycles. The molecule has 2 aromatic rings. The van der Waals surface area contributed by atoms with Crippen LogP contribution in [0.1, 0.15) is 17.4 Å². The van der Waals surface area contributed by atoms with E-state index in [1.807, 2.05) is 4.90 Å². The molecule has 0 spiro atoms. The summed E-state index contributed by atoms with van der Waals surface area (Å²) in [6.45, 7) is 2.92. The van der Waals surface area contributed by atoms with E-state index >= 15 is 0 Å². The zero-order valence-electron chi connectivity index (χ0n) is 11.3. The summed E-state index contributed by atoms with van der Waals surface area (Å²) < 4.78 is 34.0. The third-order valence-electron chi connectivity index (χ3n) is 3.65. The lowest BCUT2D eigenvalue weighted by molar-refractivity contribution is 0.173. The molecule has 1 N–H and O–H groups in total. The van der Waals surface area contributed by atoms with Crippen molar-refractivity contribution in [3.63, 3.8) is 0 Å². The van der Waals surface area contributed by atoms with Gasteiger partial charge in [-0.2, -0.15) is 0 Å². The van der Waals surface area contributed by atoms with Crippen LogP contribution < -0.4 is 5.32 Å². The van der Waals surface area contributed by atoms with E-state index in [-0.39, 0.29) is 10.6 Å². The minimum Gasteiger partial charge on any atom is -0.467 e. The first-order chi connectivity index (χ1) is 10.2. The van der Waals surface area contributed by atoms with Crippen molar-refractivity contribution in [2.75, 3.05) is 26.2 Å². The average molecular weight is 313 g/mol. The van der Waals surface area contributed by atoms with Crippen molar-refractivity contribution in [1.29, 1.82) is 0 Å². The Hall–Kier alpha value is -1.43. The van der Waals surface area contributed by atoms with Crippen LogP contribution >= 0.6 is 11.6 Å². The van der Waals surface area contributed by atoms with Crippen LogP contribution in [0.3, 0.4) is 0 Å². The third-order valence-corrected chi connectivity index (χ3v) is 3.86. The molecule has 21 heavy (non-hydrogen) atoms. The van der Waals surface area contributed by atoms with E-state index in [4.69, 9.17) is 16.0 Å². The molecule has 112 valence electrons. The fourth-order valence-corrected chi connectivity index (χ4v) is 2.90. The number of benzene rings is 1. The first-order valence-electron chi connectivity index (χ1n) is 6.79. The zero-order valence-corrected chi connectivity index (χ0v) is 12.0. The Balaban J connectivity index is 2.07. The summed E-state index contributed by atoms with van der Waals surface area (Å²) in [5.41, 5.74) is -0.0174. The molecule has 2 heterocycles. The number of rotatable bonds is 3. The Morgan fingerprint density at radius 1 is 1.19 bits per heavy atom.